The fraction of sp³-hybridized carbons (Fsp3) is 0.250. The van der Waals surface area contributed by atoms with E-state index in [-0.39, 0.29) is 23.0 Å². The monoisotopic (exact) mass is 433 g/mol. The highest BCUT2D eigenvalue weighted by Gasteiger charge is 2.17. The van der Waals surface area contributed by atoms with Crippen molar-refractivity contribution in [3.63, 3.8) is 0 Å². The van der Waals surface area contributed by atoms with Crippen molar-refractivity contribution < 1.29 is 9.18 Å². The van der Waals surface area contributed by atoms with Gasteiger partial charge in [-0.15, -0.1) is 0 Å². The Morgan fingerprint density at radius 1 is 0.969 bits per heavy atom. The van der Waals surface area contributed by atoms with Crippen LogP contribution in [0.4, 0.5) is 4.39 Å². The Kier molecular flexibility index (Phi) is 6.39. The summed E-state index contributed by atoms with van der Waals surface area (Å²) in [6.07, 6.45) is 3.54. The fourth-order valence-electron chi connectivity index (χ4n) is 3.69. The summed E-state index contributed by atoms with van der Waals surface area (Å²) in [5, 5.41) is 14.7. The highest BCUT2D eigenvalue weighted by molar-refractivity contribution is 6.04. The molecule has 2 N–H and O–H groups in total. The molecule has 0 spiro atoms. The molecule has 0 aliphatic heterocycles. The van der Waals surface area contributed by atoms with Crippen LogP contribution in [-0.4, -0.2) is 44.8 Å². The third-order valence-corrected chi connectivity index (χ3v) is 5.44. The van der Waals surface area contributed by atoms with Gasteiger partial charge in [0.2, 0.25) is 0 Å². The Labute approximate surface area is 184 Å². The summed E-state index contributed by atoms with van der Waals surface area (Å²) in [7, 11) is 1.74. The van der Waals surface area contributed by atoms with Gasteiger partial charge in [-0.2, -0.15) is 10.2 Å². The first-order chi connectivity index (χ1) is 15.5. The van der Waals surface area contributed by atoms with E-state index in [1.165, 1.54) is 12.1 Å². The van der Waals surface area contributed by atoms with Gasteiger partial charge in [0.15, 0.2) is 5.69 Å². The lowest BCUT2D eigenvalue weighted by atomic mass is 10.1. The van der Waals surface area contributed by atoms with Crippen molar-refractivity contribution in [1.82, 2.24) is 25.3 Å². The quantitative estimate of drug-likeness (QED) is 0.412. The molecule has 164 valence electrons. The molecule has 0 atom stereocenters. The summed E-state index contributed by atoms with van der Waals surface area (Å²) >= 11 is 0. The number of nitrogens with one attached hydrogen (secondary N) is 2. The summed E-state index contributed by atoms with van der Waals surface area (Å²) in [4.78, 5) is 26.4. The molecule has 0 aliphatic carbocycles. The number of aromatic nitrogens is 4. The highest BCUT2D eigenvalue weighted by Crippen LogP contribution is 2.19. The molecule has 2 aromatic carbocycles. The Hall–Kier alpha value is -3.81. The number of hydrogen-bond acceptors (Lipinski definition) is 4. The average Bonchev–Trinajstić information content (AvgIpc) is 3.28. The molecule has 0 bridgehead atoms. The zero-order chi connectivity index (χ0) is 22.5. The van der Waals surface area contributed by atoms with Crippen LogP contribution < -0.4 is 5.56 Å². The third kappa shape index (κ3) is 4.74. The number of carbonyl (C=O) groups is 1. The van der Waals surface area contributed by atoms with Crippen molar-refractivity contribution in [1.29, 1.82) is 0 Å². The van der Waals surface area contributed by atoms with Crippen LogP contribution in [0.25, 0.3) is 22.0 Å². The van der Waals surface area contributed by atoms with E-state index in [9.17, 15) is 14.0 Å². The number of aryl methyl sites for hydroxylation is 1. The maximum Gasteiger partial charge on any atom is 0.274 e. The number of halogens is 1. The van der Waals surface area contributed by atoms with Crippen LogP contribution in [0.2, 0.25) is 0 Å². The fourth-order valence-corrected chi connectivity index (χ4v) is 3.69. The maximum absolute atomic E-state index is 13.4. The molecule has 2 aromatic heterocycles. The first kappa shape index (κ1) is 21.4. The average molecular weight is 433 g/mol. The first-order valence-electron chi connectivity index (χ1n) is 10.6. The van der Waals surface area contributed by atoms with Gasteiger partial charge in [-0.1, -0.05) is 36.8 Å². The van der Waals surface area contributed by atoms with Gasteiger partial charge in [0, 0.05) is 30.2 Å². The molecule has 8 heteroatoms. The Morgan fingerprint density at radius 2 is 1.78 bits per heavy atom. The Balaban J connectivity index is 1.27. The van der Waals surface area contributed by atoms with Crippen LogP contribution in [-0.2, 0) is 6.42 Å². The van der Waals surface area contributed by atoms with E-state index < -0.39 is 0 Å². The van der Waals surface area contributed by atoms with Crippen molar-refractivity contribution in [2.75, 3.05) is 13.6 Å². The van der Waals surface area contributed by atoms with Crippen molar-refractivity contribution in [2.45, 2.75) is 25.7 Å². The molecule has 4 rings (SSSR count). The summed E-state index contributed by atoms with van der Waals surface area (Å²) in [5.41, 5.74) is 2.42. The number of hydrogen-bond donors (Lipinski definition) is 2. The molecule has 0 fully saturated rings. The van der Waals surface area contributed by atoms with Crippen LogP contribution in [0.3, 0.4) is 0 Å². The van der Waals surface area contributed by atoms with E-state index in [4.69, 9.17) is 0 Å². The van der Waals surface area contributed by atoms with Crippen molar-refractivity contribution >= 4 is 16.7 Å². The number of aromatic amines is 2. The van der Waals surface area contributed by atoms with Crippen LogP contribution in [0.5, 0.6) is 0 Å². The van der Waals surface area contributed by atoms with Gasteiger partial charge in [-0.3, -0.25) is 14.7 Å². The van der Waals surface area contributed by atoms with Gasteiger partial charge in [0.05, 0.1) is 11.1 Å². The predicted octanol–water partition coefficient (Wildman–Crippen LogP) is 3.94. The van der Waals surface area contributed by atoms with Crippen molar-refractivity contribution in [3.8, 4) is 11.3 Å². The minimum absolute atomic E-state index is 0.217. The van der Waals surface area contributed by atoms with E-state index in [1.54, 1.807) is 42.3 Å². The Morgan fingerprint density at radius 3 is 2.59 bits per heavy atom. The SMILES string of the molecule is CN(CCCCCc1cc(-c2cccc(F)c2)n[nH]1)C(=O)c1n[nH]c(=O)c2ccccc12. The Bertz CT molecular complexity index is 1300. The van der Waals surface area contributed by atoms with Gasteiger partial charge in [0.1, 0.15) is 5.82 Å². The number of benzene rings is 2. The lowest BCUT2D eigenvalue weighted by molar-refractivity contribution is 0.0787. The zero-order valence-electron chi connectivity index (χ0n) is 17.8. The third-order valence-electron chi connectivity index (χ3n) is 5.44. The molecule has 0 aliphatic rings. The largest absolute Gasteiger partial charge is 0.340 e. The molecular formula is C24H24FN5O2. The molecule has 0 unspecified atom stereocenters. The van der Waals surface area contributed by atoms with Crippen molar-refractivity contribution in [3.05, 3.63) is 82.2 Å². The minimum atomic E-state index is -0.306. The molecule has 7 nitrogen and oxygen atoms in total. The van der Waals surface area contributed by atoms with Crippen LogP contribution >= 0.6 is 0 Å². The van der Waals surface area contributed by atoms with E-state index >= 15 is 0 Å². The molecule has 0 saturated heterocycles. The van der Waals surface area contributed by atoms with Gasteiger partial charge < -0.3 is 4.90 Å². The molecule has 2 heterocycles. The van der Waals surface area contributed by atoms with E-state index in [1.807, 2.05) is 12.1 Å². The number of rotatable bonds is 8. The maximum atomic E-state index is 13.4. The summed E-state index contributed by atoms with van der Waals surface area (Å²) in [6, 6.07) is 15.3. The van der Waals surface area contributed by atoms with E-state index in [0.717, 1.165) is 42.6 Å². The van der Waals surface area contributed by atoms with Crippen LogP contribution in [0.15, 0.2) is 59.4 Å². The lowest BCUT2D eigenvalue weighted by Crippen LogP contribution is -2.30. The summed E-state index contributed by atoms with van der Waals surface area (Å²) in [6.45, 7) is 0.589. The second-order valence-electron chi connectivity index (χ2n) is 7.77. The molecular weight excluding hydrogens is 409 g/mol. The highest BCUT2D eigenvalue weighted by atomic mass is 19.1. The smallest absolute Gasteiger partial charge is 0.274 e. The van der Waals surface area contributed by atoms with Gasteiger partial charge in [-0.25, -0.2) is 9.49 Å². The second kappa shape index (κ2) is 9.55. The molecule has 32 heavy (non-hydrogen) atoms. The second-order valence-corrected chi connectivity index (χ2v) is 7.77. The van der Waals surface area contributed by atoms with Gasteiger partial charge >= 0.3 is 0 Å². The summed E-state index contributed by atoms with van der Waals surface area (Å²) < 4.78 is 13.4. The van der Waals surface area contributed by atoms with Crippen LogP contribution in [0.1, 0.15) is 35.4 Å². The van der Waals surface area contributed by atoms with Gasteiger partial charge in [-0.05, 0) is 43.5 Å². The van der Waals surface area contributed by atoms with Gasteiger partial charge in [0.25, 0.3) is 11.5 Å². The number of nitrogens with zero attached hydrogens (tertiary/aromatic N) is 3. The number of H-pyrrole nitrogens is 2. The van der Waals surface area contributed by atoms with E-state index in [0.29, 0.717) is 17.3 Å². The zero-order valence-corrected chi connectivity index (χ0v) is 17.8. The number of fused-ring (bicyclic) bond motifs is 1. The molecule has 0 radical (unpaired) electrons. The number of carbonyl (C=O) groups excluding carboxylic acids is 1. The standard InChI is InChI=1S/C24H24FN5O2/c1-30(24(32)22-19-11-4-5-12-20(19)23(31)29-28-22)13-6-2-3-10-18-15-21(27-26-18)16-8-7-9-17(25)14-16/h4-5,7-9,11-12,14-15H,2-3,6,10,13H2,1H3,(H,26,27)(H,29,31). The molecule has 4 aromatic rings. The lowest BCUT2D eigenvalue weighted by Gasteiger charge is -2.17. The van der Waals surface area contributed by atoms with Crippen molar-refractivity contribution in [2.24, 2.45) is 0 Å². The number of amides is 1. The number of unbranched alkanes of at least 4 members (excludes halogenated alkanes) is 2. The van der Waals surface area contributed by atoms with E-state index in [2.05, 4.69) is 20.4 Å². The predicted molar refractivity (Wildman–Crippen MR) is 121 cm³/mol. The first-order valence-corrected chi connectivity index (χ1v) is 10.6. The topological polar surface area (TPSA) is 94.7 Å². The normalized spacial score (nSPS) is 11.1. The summed E-state index contributed by atoms with van der Waals surface area (Å²) in [5.74, 6) is -0.499. The minimum Gasteiger partial charge on any atom is -0.340 e. The molecule has 0 saturated carbocycles. The molecule has 1 amide bonds. The van der Waals surface area contributed by atoms with Crippen LogP contribution in [0, 0.1) is 5.82 Å².